The minimum Gasteiger partial charge on any atom is -0.453 e. The summed E-state index contributed by atoms with van der Waals surface area (Å²) >= 11 is 0. The third kappa shape index (κ3) is 3.03. The van der Waals surface area contributed by atoms with Crippen LogP contribution in [0.4, 0.5) is 4.79 Å². The van der Waals surface area contributed by atoms with Crippen molar-refractivity contribution >= 4 is 12.4 Å². The van der Waals surface area contributed by atoms with Gasteiger partial charge in [0.15, 0.2) is 0 Å². The topological polar surface area (TPSA) is 75.6 Å². The Bertz CT molecular complexity index is 125. The molecule has 0 aromatic rings. The lowest BCUT2D eigenvalue weighted by atomic mass is 10.4. The summed E-state index contributed by atoms with van der Waals surface area (Å²) in [4.78, 5) is 20.3. The largest absolute Gasteiger partial charge is 0.453 e. The molecule has 1 atom stereocenters. The van der Waals surface area contributed by atoms with Gasteiger partial charge in [0.1, 0.15) is 12.3 Å². The maximum atomic E-state index is 10.3. The number of amides is 1. The molecule has 0 saturated heterocycles. The number of carbonyl (C=O) groups excluding carboxylic acids is 2. The maximum Gasteiger partial charge on any atom is 0.407 e. The molecule has 0 unspecified atom stereocenters. The van der Waals surface area contributed by atoms with E-state index in [1.807, 2.05) is 0 Å². The first-order chi connectivity index (χ1) is 4.74. The molecule has 0 aromatic carbocycles. The number of nitrogens with one attached hydrogen (secondary N) is 1. The minimum atomic E-state index is -0.868. The van der Waals surface area contributed by atoms with Crippen molar-refractivity contribution in [3.05, 3.63) is 0 Å². The van der Waals surface area contributed by atoms with E-state index in [4.69, 9.17) is 5.11 Å². The number of aliphatic hydroxyl groups is 1. The van der Waals surface area contributed by atoms with Crippen molar-refractivity contribution in [2.24, 2.45) is 0 Å². The molecule has 2 N–H and O–H groups in total. The molecule has 0 heterocycles. The Morgan fingerprint density at radius 1 is 1.90 bits per heavy atom. The summed E-state index contributed by atoms with van der Waals surface area (Å²) < 4.78 is 4.16. The molecular formula is C5H9NO4. The normalized spacial score (nSPS) is 11.8. The fraction of sp³-hybridized carbons (Fsp3) is 0.600. The molecule has 0 aliphatic carbocycles. The highest BCUT2D eigenvalue weighted by Gasteiger charge is 2.08. The van der Waals surface area contributed by atoms with Gasteiger partial charge in [0.05, 0.1) is 13.7 Å². The number of rotatable bonds is 3. The van der Waals surface area contributed by atoms with Crippen LogP contribution in [0.2, 0.25) is 0 Å². The molecule has 0 rings (SSSR count). The fourth-order valence-electron chi connectivity index (χ4n) is 0.333. The van der Waals surface area contributed by atoms with Gasteiger partial charge in [-0.15, -0.1) is 0 Å². The summed E-state index contributed by atoms with van der Waals surface area (Å²) in [5, 5.41) is 10.5. The zero-order chi connectivity index (χ0) is 7.98. The van der Waals surface area contributed by atoms with Crippen LogP contribution in [0, 0.1) is 0 Å². The van der Waals surface area contributed by atoms with Crippen molar-refractivity contribution in [1.29, 1.82) is 0 Å². The highest BCUT2D eigenvalue weighted by Crippen LogP contribution is 1.77. The van der Waals surface area contributed by atoms with Gasteiger partial charge in [-0.2, -0.15) is 0 Å². The number of hydrogen-bond acceptors (Lipinski definition) is 4. The smallest absolute Gasteiger partial charge is 0.407 e. The number of aliphatic hydroxyl groups excluding tert-OH is 1. The Labute approximate surface area is 58.0 Å². The van der Waals surface area contributed by atoms with Crippen LogP contribution in [0.1, 0.15) is 0 Å². The van der Waals surface area contributed by atoms with Crippen LogP contribution < -0.4 is 5.32 Å². The number of methoxy groups -OCH3 is 1. The summed E-state index contributed by atoms with van der Waals surface area (Å²) in [5.41, 5.74) is 0. The van der Waals surface area contributed by atoms with E-state index < -0.39 is 18.7 Å². The number of carbonyl (C=O) groups is 2. The van der Waals surface area contributed by atoms with Gasteiger partial charge in [-0.25, -0.2) is 4.79 Å². The van der Waals surface area contributed by atoms with Crippen LogP contribution in [-0.2, 0) is 9.53 Å². The number of alkyl carbamates (subject to hydrolysis) is 1. The highest BCUT2D eigenvalue weighted by molar-refractivity contribution is 5.72. The average Bonchev–Trinajstić information content (AvgIpc) is 1.99. The average molecular weight is 147 g/mol. The standard InChI is InChI=1S/C5H9NO4/c1-10-5(9)6-4(2-7)3-8/h2,4,8H,3H2,1H3,(H,6,9)/t4-/m1/s1. The maximum absolute atomic E-state index is 10.3. The van der Waals surface area contributed by atoms with E-state index in [0.717, 1.165) is 0 Å². The predicted molar refractivity (Wildman–Crippen MR) is 32.5 cm³/mol. The molecule has 0 aliphatic heterocycles. The summed E-state index contributed by atoms with van der Waals surface area (Å²) in [6, 6.07) is -0.868. The molecular weight excluding hydrogens is 138 g/mol. The van der Waals surface area contributed by atoms with Crippen LogP contribution in [0.15, 0.2) is 0 Å². The van der Waals surface area contributed by atoms with E-state index in [0.29, 0.717) is 6.29 Å². The van der Waals surface area contributed by atoms with Crippen molar-refractivity contribution in [1.82, 2.24) is 5.32 Å². The summed E-state index contributed by atoms with van der Waals surface area (Å²) in [6.07, 6.45) is -0.303. The lowest BCUT2D eigenvalue weighted by Crippen LogP contribution is -2.38. The quantitative estimate of drug-likeness (QED) is 0.497. The molecule has 0 radical (unpaired) electrons. The Kier molecular flexibility index (Phi) is 4.23. The second kappa shape index (κ2) is 4.75. The summed E-state index contributed by atoms with van der Waals surface area (Å²) in [7, 11) is 1.18. The predicted octanol–water partition coefficient (Wildman–Crippen LogP) is -1.10. The van der Waals surface area contributed by atoms with Gasteiger partial charge < -0.3 is 20.0 Å². The van der Waals surface area contributed by atoms with Gasteiger partial charge in [-0.1, -0.05) is 0 Å². The second-order valence-corrected chi connectivity index (χ2v) is 1.56. The van der Waals surface area contributed by atoms with Crippen molar-refractivity contribution in [3.8, 4) is 0 Å². The molecule has 5 heteroatoms. The first-order valence-electron chi connectivity index (χ1n) is 2.65. The molecule has 10 heavy (non-hydrogen) atoms. The van der Waals surface area contributed by atoms with Gasteiger partial charge in [0.2, 0.25) is 0 Å². The molecule has 0 bridgehead atoms. The van der Waals surface area contributed by atoms with E-state index in [-0.39, 0.29) is 0 Å². The third-order valence-electron chi connectivity index (χ3n) is 0.850. The van der Waals surface area contributed by atoms with Crippen molar-refractivity contribution in [2.45, 2.75) is 6.04 Å². The van der Waals surface area contributed by atoms with E-state index in [2.05, 4.69) is 10.1 Å². The van der Waals surface area contributed by atoms with Crippen LogP contribution in [0.3, 0.4) is 0 Å². The second-order valence-electron chi connectivity index (χ2n) is 1.56. The fourth-order valence-corrected chi connectivity index (χ4v) is 0.333. The Morgan fingerprint density at radius 2 is 2.50 bits per heavy atom. The molecule has 0 spiro atoms. The van der Waals surface area contributed by atoms with Crippen LogP contribution in [0.5, 0.6) is 0 Å². The molecule has 5 nitrogen and oxygen atoms in total. The van der Waals surface area contributed by atoms with Gasteiger partial charge in [0.25, 0.3) is 0 Å². The monoisotopic (exact) mass is 147 g/mol. The van der Waals surface area contributed by atoms with Crippen molar-refractivity contribution in [2.75, 3.05) is 13.7 Å². The van der Waals surface area contributed by atoms with Crippen LogP contribution >= 0.6 is 0 Å². The van der Waals surface area contributed by atoms with Crippen molar-refractivity contribution in [3.63, 3.8) is 0 Å². The zero-order valence-corrected chi connectivity index (χ0v) is 5.53. The van der Waals surface area contributed by atoms with Crippen LogP contribution in [-0.4, -0.2) is 37.2 Å². The van der Waals surface area contributed by atoms with Gasteiger partial charge in [-0.3, -0.25) is 0 Å². The lowest BCUT2D eigenvalue weighted by Gasteiger charge is -2.06. The SMILES string of the molecule is COC(=O)N[C@H](C=O)CO. The Morgan fingerprint density at radius 3 is 2.80 bits per heavy atom. The summed E-state index contributed by atoms with van der Waals surface area (Å²) in [6.45, 7) is -0.418. The van der Waals surface area contributed by atoms with E-state index in [1.54, 1.807) is 0 Å². The van der Waals surface area contributed by atoms with Gasteiger partial charge in [0, 0.05) is 0 Å². The van der Waals surface area contributed by atoms with Crippen LogP contribution in [0.25, 0.3) is 0 Å². The number of aldehydes is 1. The van der Waals surface area contributed by atoms with Gasteiger partial charge in [-0.05, 0) is 0 Å². The zero-order valence-electron chi connectivity index (χ0n) is 5.53. The first-order valence-corrected chi connectivity index (χ1v) is 2.65. The minimum absolute atomic E-state index is 0.418. The molecule has 58 valence electrons. The molecule has 0 aromatic heterocycles. The molecule has 1 amide bonds. The highest BCUT2D eigenvalue weighted by atomic mass is 16.5. The van der Waals surface area contributed by atoms with Crippen molar-refractivity contribution < 1.29 is 19.4 Å². The number of hydrogen-bond donors (Lipinski definition) is 2. The molecule has 0 aliphatic rings. The molecule has 0 saturated carbocycles. The number of ether oxygens (including phenoxy) is 1. The first kappa shape index (κ1) is 8.90. The van der Waals surface area contributed by atoms with E-state index in [9.17, 15) is 9.59 Å². The van der Waals surface area contributed by atoms with Gasteiger partial charge >= 0.3 is 6.09 Å². The molecule has 0 fully saturated rings. The Hall–Kier alpha value is -1.10. The lowest BCUT2D eigenvalue weighted by molar-refractivity contribution is -0.110. The van der Waals surface area contributed by atoms with E-state index >= 15 is 0 Å². The summed E-state index contributed by atoms with van der Waals surface area (Å²) in [5.74, 6) is 0. The Balaban J connectivity index is 3.62. The third-order valence-corrected chi connectivity index (χ3v) is 0.850. The van der Waals surface area contributed by atoms with E-state index in [1.165, 1.54) is 7.11 Å².